The second kappa shape index (κ2) is 6.30. The van der Waals surface area contributed by atoms with Crippen molar-refractivity contribution >= 4 is 17.6 Å². The van der Waals surface area contributed by atoms with Crippen LogP contribution in [0, 0.1) is 0 Å². The summed E-state index contributed by atoms with van der Waals surface area (Å²) in [4.78, 5) is 10.9. The van der Waals surface area contributed by atoms with E-state index in [1.807, 2.05) is 0 Å². The van der Waals surface area contributed by atoms with Crippen molar-refractivity contribution < 1.29 is 19.4 Å². The fourth-order valence-corrected chi connectivity index (χ4v) is 1.84. The third-order valence-corrected chi connectivity index (χ3v) is 2.98. The number of carbonyl (C=O) groups excluding carboxylic acids is 1. The van der Waals surface area contributed by atoms with Crippen molar-refractivity contribution in [2.45, 2.75) is 6.61 Å². The standard InChI is InChI=1S/C15H13ClO4/c1-19-14-7-2-10(15(17)18)8-11(14)9-20-13-5-3-12(16)4-6-13/h2-8H,9H2,1H3,(H,17,18)/p-1. The molecule has 2 rings (SSSR count). The highest BCUT2D eigenvalue weighted by Gasteiger charge is 2.06. The van der Waals surface area contributed by atoms with Crippen molar-refractivity contribution in [3.05, 3.63) is 58.6 Å². The van der Waals surface area contributed by atoms with Crippen LogP contribution in [0.3, 0.4) is 0 Å². The van der Waals surface area contributed by atoms with Crippen LogP contribution in [-0.2, 0) is 6.61 Å². The molecule has 0 saturated heterocycles. The number of carbonyl (C=O) groups is 1. The molecule has 0 radical (unpaired) electrons. The van der Waals surface area contributed by atoms with Gasteiger partial charge in [-0.25, -0.2) is 0 Å². The minimum absolute atomic E-state index is 0.0838. The van der Waals surface area contributed by atoms with Gasteiger partial charge in [0.05, 0.1) is 13.1 Å². The molecule has 0 atom stereocenters. The maximum atomic E-state index is 10.9. The third kappa shape index (κ3) is 3.42. The highest BCUT2D eigenvalue weighted by atomic mass is 35.5. The highest BCUT2D eigenvalue weighted by Crippen LogP contribution is 2.23. The SMILES string of the molecule is COc1ccc(C(=O)[O-])cc1COc1ccc(Cl)cc1. The Morgan fingerprint density at radius 1 is 1.20 bits per heavy atom. The van der Waals surface area contributed by atoms with Gasteiger partial charge in [0.2, 0.25) is 0 Å². The number of aromatic carboxylic acids is 1. The van der Waals surface area contributed by atoms with E-state index >= 15 is 0 Å². The summed E-state index contributed by atoms with van der Waals surface area (Å²) in [5.41, 5.74) is 0.713. The lowest BCUT2D eigenvalue weighted by Gasteiger charge is -2.12. The minimum atomic E-state index is -1.24. The molecule has 0 aliphatic carbocycles. The summed E-state index contributed by atoms with van der Waals surface area (Å²) < 4.78 is 10.7. The van der Waals surface area contributed by atoms with Crippen molar-refractivity contribution in [2.75, 3.05) is 7.11 Å². The Morgan fingerprint density at radius 3 is 2.50 bits per heavy atom. The van der Waals surface area contributed by atoms with Crippen molar-refractivity contribution in [1.29, 1.82) is 0 Å². The second-order valence-corrected chi connectivity index (χ2v) is 4.49. The summed E-state index contributed by atoms with van der Waals surface area (Å²) in [6, 6.07) is 11.4. The molecule has 4 nitrogen and oxygen atoms in total. The molecule has 0 unspecified atom stereocenters. The molecule has 0 amide bonds. The molecular weight excluding hydrogens is 280 g/mol. The van der Waals surface area contributed by atoms with Crippen LogP contribution in [0.2, 0.25) is 5.02 Å². The normalized spacial score (nSPS) is 10.1. The van der Waals surface area contributed by atoms with Gasteiger partial charge in [-0.3, -0.25) is 0 Å². The van der Waals surface area contributed by atoms with Gasteiger partial charge in [0.25, 0.3) is 0 Å². The molecule has 5 heteroatoms. The van der Waals surface area contributed by atoms with Crippen molar-refractivity contribution in [2.24, 2.45) is 0 Å². The third-order valence-electron chi connectivity index (χ3n) is 2.72. The fourth-order valence-electron chi connectivity index (χ4n) is 1.71. The van der Waals surface area contributed by atoms with E-state index in [0.29, 0.717) is 22.1 Å². The molecule has 0 fully saturated rings. The Balaban J connectivity index is 2.16. The van der Waals surface area contributed by atoms with Gasteiger partial charge in [0.15, 0.2) is 0 Å². The Kier molecular flexibility index (Phi) is 4.48. The number of benzene rings is 2. The van der Waals surface area contributed by atoms with Crippen LogP contribution in [0.4, 0.5) is 0 Å². The van der Waals surface area contributed by atoms with Crippen molar-refractivity contribution in [3.8, 4) is 11.5 Å². The van der Waals surface area contributed by atoms with Gasteiger partial charge < -0.3 is 19.4 Å². The maximum absolute atomic E-state index is 10.9. The van der Waals surface area contributed by atoms with Gasteiger partial charge in [-0.2, -0.15) is 0 Å². The largest absolute Gasteiger partial charge is 0.545 e. The van der Waals surface area contributed by atoms with Gasteiger partial charge in [0, 0.05) is 10.6 Å². The van der Waals surface area contributed by atoms with E-state index in [1.54, 1.807) is 30.3 Å². The summed E-state index contributed by atoms with van der Waals surface area (Å²) in [5, 5.41) is 11.5. The number of hydrogen-bond acceptors (Lipinski definition) is 4. The predicted molar refractivity (Wildman–Crippen MR) is 73.1 cm³/mol. The number of ether oxygens (including phenoxy) is 2. The van der Waals surface area contributed by atoms with E-state index in [2.05, 4.69) is 0 Å². The lowest BCUT2D eigenvalue weighted by molar-refractivity contribution is -0.255. The summed E-state index contributed by atoms with van der Waals surface area (Å²) >= 11 is 5.78. The molecule has 0 aliphatic heterocycles. The number of methoxy groups -OCH3 is 1. The van der Waals surface area contributed by atoms with E-state index in [0.717, 1.165) is 0 Å². The van der Waals surface area contributed by atoms with E-state index in [4.69, 9.17) is 21.1 Å². The first kappa shape index (κ1) is 14.2. The van der Waals surface area contributed by atoms with E-state index < -0.39 is 5.97 Å². The Hall–Kier alpha value is -2.20. The van der Waals surface area contributed by atoms with Crippen LogP contribution in [0.5, 0.6) is 11.5 Å². The fraction of sp³-hybridized carbons (Fsp3) is 0.133. The van der Waals surface area contributed by atoms with E-state index in [1.165, 1.54) is 19.2 Å². The van der Waals surface area contributed by atoms with Crippen LogP contribution in [0.25, 0.3) is 0 Å². The first-order valence-electron chi connectivity index (χ1n) is 5.87. The number of rotatable bonds is 5. The molecule has 0 saturated carbocycles. The lowest BCUT2D eigenvalue weighted by atomic mass is 10.1. The summed E-state index contributed by atoms with van der Waals surface area (Å²) in [7, 11) is 1.51. The van der Waals surface area contributed by atoms with E-state index in [9.17, 15) is 9.90 Å². The minimum Gasteiger partial charge on any atom is -0.545 e. The highest BCUT2D eigenvalue weighted by molar-refractivity contribution is 6.30. The topological polar surface area (TPSA) is 58.6 Å². The Labute approximate surface area is 121 Å². The smallest absolute Gasteiger partial charge is 0.125 e. The van der Waals surface area contributed by atoms with Crippen LogP contribution >= 0.6 is 11.6 Å². The molecular formula is C15H12ClO4-. The van der Waals surface area contributed by atoms with Gasteiger partial charge in [-0.1, -0.05) is 11.6 Å². The quantitative estimate of drug-likeness (QED) is 0.848. The number of carboxylic acid groups (broad SMARTS) is 1. The maximum Gasteiger partial charge on any atom is 0.125 e. The first-order valence-corrected chi connectivity index (χ1v) is 6.24. The lowest BCUT2D eigenvalue weighted by Crippen LogP contribution is -2.22. The van der Waals surface area contributed by atoms with Crippen LogP contribution in [0.1, 0.15) is 15.9 Å². The summed E-state index contributed by atoms with van der Waals surface area (Å²) in [5.74, 6) is -0.0420. The number of hydrogen-bond donors (Lipinski definition) is 0. The van der Waals surface area contributed by atoms with Gasteiger partial charge in [-0.05, 0) is 48.0 Å². The molecule has 0 aromatic heterocycles. The molecule has 104 valence electrons. The van der Waals surface area contributed by atoms with Gasteiger partial charge in [-0.15, -0.1) is 0 Å². The molecule has 2 aromatic carbocycles. The van der Waals surface area contributed by atoms with Gasteiger partial charge >= 0.3 is 0 Å². The zero-order chi connectivity index (χ0) is 14.5. The molecule has 0 aliphatic rings. The van der Waals surface area contributed by atoms with Gasteiger partial charge in [0.1, 0.15) is 18.1 Å². The van der Waals surface area contributed by atoms with E-state index in [-0.39, 0.29) is 12.2 Å². The molecule has 2 aromatic rings. The zero-order valence-electron chi connectivity index (χ0n) is 10.8. The molecule has 0 bridgehead atoms. The average molecular weight is 292 g/mol. The van der Waals surface area contributed by atoms with Crippen molar-refractivity contribution in [3.63, 3.8) is 0 Å². The zero-order valence-corrected chi connectivity index (χ0v) is 11.5. The van der Waals surface area contributed by atoms with Crippen molar-refractivity contribution in [1.82, 2.24) is 0 Å². The number of carboxylic acids is 1. The molecule has 0 heterocycles. The van der Waals surface area contributed by atoms with Crippen LogP contribution < -0.4 is 14.6 Å². The second-order valence-electron chi connectivity index (χ2n) is 4.06. The molecule has 0 N–H and O–H groups in total. The van der Waals surface area contributed by atoms with Crippen LogP contribution in [-0.4, -0.2) is 13.1 Å². The Bertz CT molecular complexity index is 608. The molecule has 0 spiro atoms. The average Bonchev–Trinajstić information content (AvgIpc) is 2.46. The van der Waals surface area contributed by atoms with Crippen LogP contribution in [0.15, 0.2) is 42.5 Å². The summed E-state index contributed by atoms with van der Waals surface area (Å²) in [6.45, 7) is 0.186. The number of halogens is 1. The monoisotopic (exact) mass is 291 g/mol. The predicted octanol–water partition coefficient (Wildman–Crippen LogP) is 2.29. The first-order chi connectivity index (χ1) is 9.60. The Morgan fingerprint density at radius 2 is 1.90 bits per heavy atom. The molecule has 20 heavy (non-hydrogen) atoms. The summed E-state index contributed by atoms with van der Waals surface area (Å²) in [6.07, 6.45) is 0.